The molecule has 138 valence electrons. The summed E-state index contributed by atoms with van der Waals surface area (Å²) in [4.78, 5) is 35.5. The van der Waals surface area contributed by atoms with E-state index in [-0.39, 0.29) is 18.2 Å². The number of nitrogens with one attached hydrogen (secondary N) is 2. The van der Waals surface area contributed by atoms with Gasteiger partial charge < -0.3 is 20.2 Å². The topological polar surface area (TPSA) is 109 Å². The Balaban J connectivity index is 1.98. The predicted molar refractivity (Wildman–Crippen MR) is 96.0 cm³/mol. The molecule has 2 rings (SSSR count). The molecule has 0 fully saturated rings. The Bertz CT molecular complexity index is 768. The van der Waals surface area contributed by atoms with E-state index in [9.17, 15) is 19.5 Å². The van der Waals surface area contributed by atoms with E-state index in [2.05, 4.69) is 10.6 Å². The summed E-state index contributed by atoms with van der Waals surface area (Å²) in [6.45, 7) is 3.92. The van der Waals surface area contributed by atoms with Crippen LogP contribution < -0.4 is 10.6 Å². The summed E-state index contributed by atoms with van der Waals surface area (Å²) in [5, 5.41) is 14.5. The van der Waals surface area contributed by atoms with Crippen molar-refractivity contribution in [2.75, 3.05) is 11.9 Å². The first kappa shape index (κ1) is 19.2. The van der Waals surface area contributed by atoms with Crippen LogP contribution in [0.1, 0.15) is 41.2 Å². The molecule has 0 saturated heterocycles. The maximum absolute atomic E-state index is 12.3. The Kier molecular flexibility index (Phi) is 6.54. The van der Waals surface area contributed by atoms with Crippen LogP contribution in [-0.4, -0.2) is 29.4 Å². The predicted octanol–water partition coefficient (Wildman–Crippen LogP) is 3.01. The fraction of sp³-hybridized carbons (Fsp3) is 0.316. The normalized spacial score (nSPS) is 11.8. The molecule has 0 aliphatic heterocycles. The second kappa shape index (κ2) is 8.84. The van der Waals surface area contributed by atoms with E-state index in [0.717, 1.165) is 0 Å². The van der Waals surface area contributed by atoms with Gasteiger partial charge in [-0.1, -0.05) is 19.9 Å². The van der Waals surface area contributed by atoms with Gasteiger partial charge in [0.2, 0.25) is 0 Å². The average Bonchev–Trinajstić information content (AvgIpc) is 3.12. The minimum absolute atomic E-state index is 0.0509. The summed E-state index contributed by atoms with van der Waals surface area (Å²) in [6, 6.07) is 9.54. The molecule has 1 aromatic heterocycles. The van der Waals surface area contributed by atoms with Crippen LogP contribution in [0.3, 0.4) is 0 Å². The van der Waals surface area contributed by atoms with Crippen LogP contribution in [0.2, 0.25) is 0 Å². The first-order valence-electron chi connectivity index (χ1n) is 8.32. The van der Waals surface area contributed by atoms with Crippen molar-refractivity contribution in [1.82, 2.24) is 5.32 Å². The minimum Gasteiger partial charge on any atom is -0.481 e. The first-order valence-corrected chi connectivity index (χ1v) is 8.32. The van der Waals surface area contributed by atoms with Gasteiger partial charge in [-0.3, -0.25) is 14.4 Å². The lowest BCUT2D eigenvalue weighted by Crippen LogP contribution is -2.33. The smallest absolute Gasteiger partial charge is 0.308 e. The highest BCUT2D eigenvalue weighted by molar-refractivity contribution is 6.03. The number of hydrogen-bond donors (Lipinski definition) is 3. The van der Waals surface area contributed by atoms with Crippen molar-refractivity contribution in [2.24, 2.45) is 11.8 Å². The average molecular weight is 358 g/mol. The van der Waals surface area contributed by atoms with Crippen LogP contribution in [0.4, 0.5) is 5.69 Å². The number of anilines is 1. The lowest BCUT2D eigenvalue weighted by molar-refractivity contribution is -0.142. The number of amides is 2. The minimum atomic E-state index is -0.932. The Morgan fingerprint density at radius 3 is 2.50 bits per heavy atom. The zero-order chi connectivity index (χ0) is 19.1. The molecular weight excluding hydrogens is 336 g/mol. The van der Waals surface area contributed by atoms with Crippen molar-refractivity contribution >= 4 is 23.5 Å². The third-order valence-electron chi connectivity index (χ3n) is 3.74. The van der Waals surface area contributed by atoms with Crippen LogP contribution in [0.25, 0.3) is 0 Å². The van der Waals surface area contributed by atoms with Gasteiger partial charge in [0, 0.05) is 17.8 Å². The van der Waals surface area contributed by atoms with Gasteiger partial charge in [-0.2, -0.15) is 0 Å². The number of rotatable bonds is 8. The largest absolute Gasteiger partial charge is 0.481 e. The van der Waals surface area contributed by atoms with Gasteiger partial charge in [-0.05, 0) is 42.7 Å². The van der Waals surface area contributed by atoms with Gasteiger partial charge >= 0.3 is 5.97 Å². The second-order valence-electron chi connectivity index (χ2n) is 6.39. The highest BCUT2D eigenvalue weighted by Crippen LogP contribution is 2.14. The summed E-state index contributed by atoms with van der Waals surface area (Å²) in [6.07, 6.45) is 1.88. The molecule has 0 bridgehead atoms. The van der Waals surface area contributed by atoms with Gasteiger partial charge in [0.05, 0.1) is 12.2 Å². The van der Waals surface area contributed by atoms with Gasteiger partial charge in [0.25, 0.3) is 11.8 Å². The lowest BCUT2D eigenvalue weighted by Gasteiger charge is -2.15. The Labute approximate surface area is 151 Å². The van der Waals surface area contributed by atoms with Crippen LogP contribution >= 0.6 is 0 Å². The quantitative estimate of drug-likeness (QED) is 0.672. The van der Waals surface area contributed by atoms with Crippen LogP contribution in [-0.2, 0) is 4.79 Å². The fourth-order valence-electron chi connectivity index (χ4n) is 2.50. The van der Waals surface area contributed by atoms with Crippen LogP contribution in [0, 0.1) is 11.8 Å². The first-order chi connectivity index (χ1) is 12.4. The van der Waals surface area contributed by atoms with Gasteiger partial charge in [-0.15, -0.1) is 0 Å². The molecule has 2 amide bonds. The third-order valence-corrected chi connectivity index (χ3v) is 3.74. The molecule has 0 spiro atoms. The molecule has 7 nitrogen and oxygen atoms in total. The van der Waals surface area contributed by atoms with Crippen molar-refractivity contribution in [2.45, 2.75) is 20.3 Å². The summed E-state index contributed by atoms with van der Waals surface area (Å²) < 4.78 is 5.02. The number of furan rings is 1. The van der Waals surface area contributed by atoms with E-state index < -0.39 is 23.7 Å². The number of carboxylic acid groups (broad SMARTS) is 1. The highest BCUT2D eigenvalue weighted by Gasteiger charge is 2.20. The van der Waals surface area contributed by atoms with Gasteiger partial charge in [0.1, 0.15) is 0 Å². The molecule has 1 heterocycles. The number of carbonyl (C=O) groups is 3. The number of benzene rings is 1. The lowest BCUT2D eigenvalue weighted by atomic mass is 9.97. The number of carbonyl (C=O) groups excluding carboxylic acids is 2. The van der Waals surface area contributed by atoms with Crippen LogP contribution in [0.15, 0.2) is 47.1 Å². The molecule has 0 saturated carbocycles. The molecule has 0 aliphatic carbocycles. The molecule has 2 aromatic rings. The van der Waals surface area contributed by atoms with Gasteiger partial charge in [0.15, 0.2) is 5.76 Å². The Morgan fingerprint density at radius 1 is 1.12 bits per heavy atom. The maximum atomic E-state index is 12.3. The number of hydrogen-bond acceptors (Lipinski definition) is 4. The van der Waals surface area contributed by atoms with Crippen molar-refractivity contribution in [3.63, 3.8) is 0 Å². The second-order valence-corrected chi connectivity index (χ2v) is 6.39. The summed E-state index contributed by atoms with van der Waals surface area (Å²) >= 11 is 0. The SMILES string of the molecule is CC(C)CC(CNC(=O)c1cccc(NC(=O)c2ccco2)c1)C(=O)O. The van der Waals surface area contributed by atoms with Crippen molar-refractivity contribution in [1.29, 1.82) is 0 Å². The van der Waals surface area contributed by atoms with E-state index in [1.54, 1.807) is 24.3 Å². The summed E-state index contributed by atoms with van der Waals surface area (Å²) in [5.74, 6) is -2.00. The third kappa shape index (κ3) is 5.47. The van der Waals surface area contributed by atoms with Crippen LogP contribution in [0.5, 0.6) is 0 Å². The molecule has 1 atom stereocenters. The molecule has 3 N–H and O–H groups in total. The van der Waals surface area contributed by atoms with E-state index >= 15 is 0 Å². The molecule has 26 heavy (non-hydrogen) atoms. The van der Waals surface area contributed by atoms with E-state index in [1.807, 2.05) is 13.8 Å². The maximum Gasteiger partial charge on any atom is 0.308 e. The van der Waals surface area contributed by atoms with E-state index in [0.29, 0.717) is 17.7 Å². The molecular formula is C19H22N2O5. The number of carboxylic acids is 1. The fourth-order valence-corrected chi connectivity index (χ4v) is 2.50. The molecule has 1 unspecified atom stereocenters. The molecule has 7 heteroatoms. The molecule has 1 aromatic carbocycles. The Hall–Kier alpha value is -3.09. The summed E-state index contributed by atoms with van der Waals surface area (Å²) in [7, 11) is 0. The summed E-state index contributed by atoms with van der Waals surface area (Å²) in [5.41, 5.74) is 0.770. The monoisotopic (exact) mass is 358 g/mol. The molecule has 0 radical (unpaired) electrons. The highest BCUT2D eigenvalue weighted by atomic mass is 16.4. The zero-order valence-electron chi connectivity index (χ0n) is 14.7. The van der Waals surface area contributed by atoms with Crippen molar-refractivity contribution < 1.29 is 23.9 Å². The van der Waals surface area contributed by atoms with E-state index in [1.165, 1.54) is 18.4 Å². The van der Waals surface area contributed by atoms with Crippen molar-refractivity contribution in [3.8, 4) is 0 Å². The van der Waals surface area contributed by atoms with Crippen molar-refractivity contribution in [3.05, 3.63) is 54.0 Å². The van der Waals surface area contributed by atoms with Gasteiger partial charge in [-0.25, -0.2) is 0 Å². The van der Waals surface area contributed by atoms with E-state index in [4.69, 9.17) is 4.42 Å². The molecule has 0 aliphatic rings. The zero-order valence-corrected chi connectivity index (χ0v) is 14.7. The standard InChI is InChI=1S/C19H22N2O5/c1-12(2)9-14(19(24)25)11-20-17(22)13-5-3-6-15(10-13)21-18(23)16-7-4-8-26-16/h3-8,10,12,14H,9,11H2,1-2H3,(H,20,22)(H,21,23)(H,24,25). The Morgan fingerprint density at radius 2 is 1.88 bits per heavy atom. The number of aliphatic carboxylic acids is 1.